The number of nitrogens with one attached hydrogen (secondary N) is 1. The van der Waals surface area contributed by atoms with Gasteiger partial charge < -0.3 is 10.2 Å². The van der Waals surface area contributed by atoms with Crippen LogP contribution in [0.2, 0.25) is 10.0 Å². The van der Waals surface area contributed by atoms with Crippen molar-refractivity contribution in [1.29, 1.82) is 0 Å². The molecule has 4 rings (SSSR count). The van der Waals surface area contributed by atoms with Crippen molar-refractivity contribution in [3.8, 4) is 0 Å². The van der Waals surface area contributed by atoms with E-state index in [1.165, 1.54) is 17.0 Å². The van der Waals surface area contributed by atoms with Crippen LogP contribution in [0.5, 0.6) is 0 Å². The molecule has 0 aliphatic heterocycles. The van der Waals surface area contributed by atoms with E-state index in [1.807, 2.05) is 44.2 Å². The van der Waals surface area contributed by atoms with Gasteiger partial charge in [0.2, 0.25) is 11.8 Å². The van der Waals surface area contributed by atoms with Gasteiger partial charge in [-0.2, -0.15) is 0 Å². The van der Waals surface area contributed by atoms with Gasteiger partial charge in [-0.3, -0.25) is 13.9 Å². The Morgan fingerprint density at radius 2 is 1.56 bits per heavy atom. The van der Waals surface area contributed by atoms with Crippen molar-refractivity contribution in [2.45, 2.75) is 50.2 Å². The van der Waals surface area contributed by atoms with E-state index < -0.39 is 28.5 Å². The minimum atomic E-state index is -4.19. The summed E-state index contributed by atoms with van der Waals surface area (Å²) in [5, 5.41) is 3.76. The van der Waals surface area contributed by atoms with E-state index in [9.17, 15) is 18.0 Å². The summed E-state index contributed by atoms with van der Waals surface area (Å²) in [6.07, 6.45) is 0.884. The molecule has 0 aliphatic rings. The third-order valence-corrected chi connectivity index (χ3v) is 10.2. The first-order valence-electron chi connectivity index (χ1n) is 14.4. The highest BCUT2D eigenvalue weighted by atomic mass is 79.9. The molecular formula is C34H34BrCl2N3O4S. The summed E-state index contributed by atoms with van der Waals surface area (Å²) in [4.78, 5) is 29.9. The summed E-state index contributed by atoms with van der Waals surface area (Å²) in [5.74, 6) is -0.938. The van der Waals surface area contributed by atoms with Gasteiger partial charge in [-0.25, -0.2) is 8.42 Å². The predicted molar refractivity (Wildman–Crippen MR) is 184 cm³/mol. The summed E-state index contributed by atoms with van der Waals surface area (Å²) >= 11 is 16.1. The average Bonchev–Trinajstić information content (AvgIpc) is 3.03. The Hall–Kier alpha value is -3.37. The molecule has 0 aliphatic carbocycles. The van der Waals surface area contributed by atoms with Crippen LogP contribution in [0.3, 0.4) is 0 Å². The molecule has 1 N–H and O–H groups in total. The molecular weight excluding hydrogens is 697 g/mol. The highest BCUT2D eigenvalue weighted by Crippen LogP contribution is 2.28. The number of benzene rings is 4. The molecule has 0 unspecified atom stereocenters. The molecule has 2 amide bonds. The minimum absolute atomic E-state index is 0.0282. The highest BCUT2D eigenvalue weighted by Gasteiger charge is 2.35. The fourth-order valence-corrected chi connectivity index (χ4v) is 6.99. The van der Waals surface area contributed by atoms with Gasteiger partial charge in [0.05, 0.1) is 10.6 Å². The molecule has 0 saturated heterocycles. The number of anilines is 1. The van der Waals surface area contributed by atoms with Gasteiger partial charge in [-0.1, -0.05) is 107 Å². The number of carbonyl (C=O) groups is 2. The first-order chi connectivity index (χ1) is 21.5. The molecule has 0 spiro atoms. The molecule has 0 radical (unpaired) electrons. The first-order valence-corrected chi connectivity index (χ1v) is 17.4. The Morgan fingerprint density at radius 3 is 2.18 bits per heavy atom. The number of sulfonamides is 1. The number of hydrogen-bond acceptors (Lipinski definition) is 4. The molecule has 236 valence electrons. The molecule has 0 saturated carbocycles. The van der Waals surface area contributed by atoms with Crippen LogP contribution in [-0.4, -0.2) is 43.8 Å². The normalized spacial score (nSPS) is 12.6. The average molecular weight is 732 g/mol. The number of halogens is 3. The molecule has 0 heterocycles. The molecule has 7 nitrogen and oxygen atoms in total. The maximum absolute atomic E-state index is 14.5. The number of carbonyl (C=O) groups excluding carboxylic acids is 2. The van der Waals surface area contributed by atoms with Gasteiger partial charge in [0, 0.05) is 33.5 Å². The van der Waals surface area contributed by atoms with E-state index in [4.69, 9.17) is 23.2 Å². The maximum Gasteiger partial charge on any atom is 0.264 e. The molecule has 4 aromatic carbocycles. The van der Waals surface area contributed by atoms with E-state index in [0.717, 1.165) is 9.87 Å². The molecule has 4 aromatic rings. The van der Waals surface area contributed by atoms with Crippen LogP contribution in [0, 0.1) is 0 Å². The van der Waals surface area contributed by atoms with Crippen molar-refractivity contribution in [2.24, 2.45) is 0 Å². The van der Waals surface area contributed by atoms with Crippen molar-refractivity contribution in [3.05, 3.63) is 129 Å². The topological polar surface area (TPSA) is 86.8 Å². The van der Waals surface area contributed by atoms with Crippen molar-refractivity contribution in [2.75, 3.05) is 10.8 Å². The lowest BCUT2D eigenvalue weighted by Crippen LogP contribution is -2.54. The monoisotopic (exact) mass is 729 g/mol. The van der Waals surface area contributed by atoms with E-state index in [0.29, 0.717) is 26.5 Å². The van der Waals surface area contributed by atoms with E-state index in [-0.39, 0.29) is 35.5 Å². The summed E-state index contributed by atoms with van der Waals surface area (Å²) in [6.45, 7) is 3.22. The number of amides is 2. The van der Waals surface area contributed by atoms with Crippen LogP contribution in [0.4, 0.5) is 5.69 Å². The van der Waals surface area contributed by atoms with Crippen molar-refractivity contribution in [1.82, 2.24) is 10.2 Å². The van der Waals surface area contributed by atoms with Crippen LogP contribution in [0.1, 0.15) is 31.4 Å². The minimum Gasteiger partial charge on any atom is -0.352 e. The second-order valence-electron chi connectivity index (χ2n) is 10.6. The van der Waals surface area contributed by atoms with Crippen molar-refractivity contribution in [3.63, 3.8) is 0 Å². The largest absolute Gasteiger partial charge is 0.352 e. The van der Waals surface area contributed by atoms with Crippen LogP contribution in [0.25, 0.3) is 0 Å². The second-order valence-corrected chi connectivity index (χ2v) is 14.2. The van der Waals surface area contributed by atoms with Gasteiger partial charge in [0.1, 0.15) is 12.6 Å². The van der Waals surface area contributed by atoms with Crippen LogP contribution in [-0.2, 0) is 32.6 Å². The van der Waals surface area contributed by atoms with Crippen LogP contribution < -0.4 is 9.62 Å². The third-order valence-electron chi connectivity index (χ3n) is 7.33. The van der Waals surface area contributed by atoms with Gasteiger partial charge >= 0.3 is 0 Å². The van der Waals surface area contributed by atoms with Crippen LogP contribution in [0.15, 0.2) is 112 Å². The smallest absolute Gasteiger partial charge is 0.264 e. The molecule has 45 heavy (non-hydrogen) atoms. The van der Waals surface area contributed by atoms with E-state index >= 15 is 0 Å². The van der Waals surface area contributed by atoms with Gasteiger partial charge in [-0.15, -0.1) is 0 Å². The summed E-state index contributed by atoms with van der Waals surface area (Å²) in [6, 6.07) is 27.8. The molecule has 11 heteroatoms. The highest BCUT2D eigenvalue weighted by molar-refractivity contribution is 9.10. The molecule has 0 fully saturated rings. The lowest BCUT2D eigenvalue weighted by Gasteiger charge is -2.34. The zero-order valence-corrected chi connectivity index (χ0v) is 28.8. The molecule has 2 atom stereocenters. The zero-order valence-electron chi connectivity index (χ0n) is 24.9. The van der Waals surface area contributed by atoms with Gasteiger partial charge in [0.15, 0.2) is 0 Å². The van der Waals surface area contributed by atoms with Crippen molar-refractivity contribution >= 4 is 66.7 Å². The quantitative estimate of drug-likeness (QED) is 0.154. The fraction of sp³-hybridized carbons (Fsp3) is 0.235. The maximum atomic E-state index is 14.5. The Labute approximate surface area is 283 Å². The molecule has 0 aromatic heterocycles. The predicted octanol–water partition coefficient (Wildman–Crippen LogP) is 7.51. The Balaban J connectivity index is 1.82. The summed E-state index contributed by atoms with van der Waals surface area (Å²) < 4.78 is 29.8. The zero-order chi connectivity index (χ0) is 32.6. The van der Waals surface area contributed by atoms with Crippen LogP contribution >= 0.6 is 39.1 Å². The SMILES string of the molecule is CC[C@@H](C)NC(=O)[C@@H](Cc1ccccc1)N(Cc1ccc(Cl)cc1Cl)C(=O)CN(c1cccc(Br)c1)S(=O)(=O)c1ccccc1. The van der Waals surface area contributed by atoms with Gasteiger partial charge in [-0.05, 0) is 66.9 Å². The number of rotatable bonds is 13. The Kier molecular flexibility index (Phi) is 12.1. The van der Waals surface area contributed by atoms with E-state index in [1.54, 1.807) is 60.7 Å². The Bertz CT molecular complexity index is 1730. The molecule has 0 bridgehead atoms. The van der Waals surface area contributed by atoms with E-state index in [2.05, 4.69) is 21.2 Å². The lowest BCUT2D eigenvalue weighted by atomic mass is 10.0. The first kappa shape index (κ1) is 34.5. The third kappa shape index (κ3) is 9.10. The lowest BCUT2D eigenvalue weighted by molar-refractivity contribution is -0.140. The number of hydrogen-bond donors (Lipinski definition) is 1. The standard InChI is InChI=1S/C34H34BrCl2N3O4S/c1-3-24(2)38-34(42)32(19-25-11-6-4-7-12-25)39(22-26-17-18-28(36)21-31(26)37)33(41)23-40(29-14-10-13-27(35)20-29)45(43,44)30-15-8-5-9-16-30/h4-18,20-21,24,32H,3,19,22-23H2,1-2H3,(H,38,42)/t24-,32-/m1/s1. The van der Waals surface area contributed by atoms with Gasteiger partial charge in [0.25, 0.3) is 10.0 Å². The van der Waals surface area contributed by atoms with Crippen molar-refractivity contribution < 1.29 is 18.0 Å². The summed E-state index contributed by atoms with van der Waals surface area (Å²) in [7, 11) is -4.19. The fourth-order valence-electron chi connectivity index (χ4n) is 4.71. The number of nitrogens with zero attached hydrogens (tertiary/aromatic N) is 2. The summed E-state index contributed by atoms with van der Waals surface area (Å²) in [5.41, 5.74) is 1.68. The second kappa shape index (κ2) is 15.8. The Morgan fingerprint density at radius 1 is 0.889 bits per heavy atom.